The third-order valence-electron chi connectivity index (χ3n) is 5.09. The molecule has 4 heteroatoms. The summed E-state index contributed by atoms with van der Waals surface area (Å²) in [7, 11) is 1.58. The summed E-state index contributed by atoms with van der Waals surface area (Å²) >= 11 is 0. The van der Waals surface area contributed by atoms with Crippen LogP contribution in [0.1, 0.15) is 42.5 Å². The molecule has 21 heavy (non-hydrogen) atoms. The van der Waals surface area contributed by atoms with Crippen molar-refractivity contribution in [2.45, 2.75) is 32.1 Å². The number of ether oxygens (including phenoxy) is 1. The van der Waals surface area contributed by atoms with E-state index in [0.717, 1.165) is 25.4 Å². The van der Waals surface area contributed by atoms with Crippen LogP contribution in [-0.2, 0) is 0 Å². The van der Waals surface area contributed by atoms with Crippen LogP contribution in [0.3, 0.4) is 0 Å². The van der Waals surface area contributed by atoms with E-state index >= 15 is 0 Å². The fourth-order valence-electron chi connectivity index (χ4n) is 3.86. The van der Waals surface area contributed by atoms with Crippen molar-refractivity contribution in [3.63, 3.8) is 0 Å². The molecule has 0 radical (unpaired) electrons. The lowest BCUT2D eigenvalue weighted by atomic mass is 9.75. The number of methoxy groups -OCH3 is 1. The first-order valence-corrected chi connectivity index (χ1v) is 7.92. The number of nitrogens with two attached hydrogens (primary N) is 1. The number of para-hydroxylation sites is 1. The van der Waals surface area contributed by atoms with Gasteiger partial charge in [0.1, 0.15) is 5.75 Å². The average Bonchev–Trinajstić information content (AvgIpc) is 2.54. The lowest BCUT2D eigenvalue weighted by Crippen LogP contribution is -2.44. The summed E-state index contributed by atoms with van der Waals surface area (Å²) in [6.07, 6.45) is 6.42. The number of benzene rings is 1. The van der Waals surface area contributed by atoms with E-state index in [-0.39, 0.29) is 5.91 Å². The molecule has 1 amide bonds. The number of carbonyl (C=O) groups excluding carboxylic acids is 1. The van der Waals surface area contributed by atoms with Crippen molar-refractivity contribution in [2.24, 2.45) is 11.8 Å². The first-order valence-electron chi connectivity index (χ1n) is 7.92. The number of hydrogen-bond donors (Lipinski definition) is 1. The van der Waals surface area contributed by atoms with Crippen LogP contribution in [0.5, 0.6) is 5.75 Å². The van der Waals surface area contributed by atoms with E-state index in [4.69, 9.17) is 10.5 Å². The normalized spacial score (nSPS) is 25.3. The maximum Gasteiger partial charge on any atom is 0.256 e. The predicted octanol–water partition coefficient (Wildman–Crippen LogP) is 2.93. The number of rotatable bonds is 2. The zero-order valence-corrected chi connectivity index (χ0v) is 12.7. The first kappa shape index (κ1) is 14.2. The smallest absolute Gasteiger partial charge is 0.256 e. The Bertz CT molecular complexity index is 530. The van der Waals surface area contributed by atoms with Gasteiger partial charge >= 0.3 is 0 Å². The number of anilines is 1. The van der Waals surface area contributed by atoms with E-state index < -0.39 is 0 Å². The van der Waals surface area contributed by atoms with Crippen LogP contribution in [0.2, 0.25) is 0 Å². The Kier molecular flexibility index (Phi) is 4.04. The van der Waals surface area contributed by atoms with Crippen LogP contribution < -0.4 is 10.5 Å². The third kappa shape index (κ3) is 2.71. The van der Waals surface area contributed by atoms with Crippen LogP contribution in [0.15, 0.2) is 18.2 Å². The minimum absolute atomic E-state index is 0.0513. The molecular weight excluding hydrogens is 264 g/mol. The second-order valence-corrected chi connectivity index (χ2v) is 6.27. The van der Waals surface area contributed by atoms with E-state index in [1.807, 2.05) is 11.0 Å². The maximum atomic E-state index is 12.8. The lowest BCUT2D eigenvalue weighted by Gasteiger charge is -2.41. The molecular formula is C17H24N2O2. The van der Waals surface area contributed by atoms with Crippen molar-refractivity contribution >= 4 is 11.6 Å². The van der Waals surface area contributed by atoms with Gasteiger partial charge in [0.2, 0.25) is 0 Å². The Morgan fingerprint density at radius 3 is 2.76 bits per heavy atom. The number of likely N-dealkylation sites (tertiary alicyclic amines) is 1. The van der Waals surface area contributed by atoms with E-state index in [0.29, 0.717) is 22.9 Å². The number of fused-ring (bicyclic) bond motifs is 1. The highest BCUT2D eigenvalue weighted by Gasteiger charge is 2.33. The number of nitrogens with zero attached hydrogens (tertiary/aromatic N) is 1. The molecule has 2 unspecified atom stereocenters. The van der Waals surface area contributed by atoms with Crippen LogP contribution in [0.25, 0.3) is 0 Å². The van der Waals surface area contributed by atoms with Crippen molar-refractivity contribution < 1.29 is 9.53 Å². The molecule has 1 saturated heterocycles. The molecule has 0 aromatic heterocycles. The van der Waals surface area contributed by atoms with Gasteiger partial charge < -0.3 is 15.4 Å². The van der Waals surface area contributed by atoms with Gasteiger partial charge in [0, 0.05) is 13.1 Å². The van der Waals surface area contributed by atoms with Crippen molar-refractivity contribution in [1.29, 1.82) is 0 Å². The summed E-state index contributed by atoms with van der Waals surface area (Å²) < 4.78 is 5.21. The van der Waals surface area contributed by atoms with E-state index in [9.17, 15) is 4.79 Å². The third-order valence-corrected chi connectivity index (χ3v) is 5.09. The molecule has 1 heterocycles. The summed E-state index contributed by atoms with van der Waals surface area (Å²) in [5, 5.41) is 0. The monoisotopic (exact) mass is 288 g/mol. The SMILES string of the molecule is COc1cccc(C(=O)N2CCC3CCCCC3C2)c1N. The molecule has 3 rings (SSSR count). The Labute approximate surface area is 126 Å². The zero-order valence-electron chi connectivity index (χ0n) is 12.7. The molecule has 2 N–H and O–H groups in total. The molecule has 2 fully saturated rings. The Morgan fingerprint density at radius 1 is 1.24 bits per heavy atom. The van der Waals surface area contributed by atoms with Gasteiger partial charge in [0.15, 0.2) is 0 Å². The summed E-state index contributed by atoms with van der Waals surface area (Å²) in [6.45, 7) is 1.75. The second kappa shape index (κ2) is 5.96. The van der Waals surface area contributed by atoms with E-state index in [2.05, 4.69) is 0 Å². The molecule has 2 atom stereocenters. The molecule has 114 valence electrons. The number of amides is 1. The lowest BCUT2D eigenvalue weighted by molar-refractivity contribution is 0.0521. The quantitative estimate of drug-likeness (QED) is 0.851. The molecule has 0 bridgehead atoms. The van der Waals surface area contributed by atoms with E-state index in [1.54, 1.807) is 19.2 Å². The van der Waals surface area contributed by atoms with Gasteiger partial charge in [-0.3, -0.25) is 4.79 Å². The summed E-state index contributed by atoms with van der Waals surface area (Å²) in [5.41, 5.74) is 7.09. The largest absolute Gasteiger partial charge is 0.495 e. The zero-order chi connectivity index (χ0) is 14.8. The molecule has 1 aromatic rings. The van der Waals surface area contributed by atoms with E-state index in [1.165, 1.54) is 25.7 Å². The highest BCUT2D eigenvalue weighted by molar-refractivity contribution is 6.00. The Morgan fingerprint density at radius 2 is 2.00 bits per heavy atom. The predicted molar refractivity (Wildman–Crippen MR) is 83.4 cm³/mol. The fourth-order valence-corrected chi connectivity index (χ4v) is 3.86. The van der Waals surface area contributed by atoms with Crippen molar-refractivity contribution in [3.05, 3.63) is 23.8 Å². The van der Waals surface area contributed by atoms with Crippen LogP contribution in [-0.4, -0.2) is 31.0 Å². The minimum Gasteiger partial charge on any atom is -0.495 e. The van der Waals surface area contributed by atoms with Crippen LogP contribution in [0, 0.1) is 11.8 Å². The van der Waals surface area contributed by atoms with Gasteiger partial charge in [-0.1, -0.05) is 25.3 Å². The second-order valence-electron chi connectivity index (χ2n) is 6.27. The fraction of sp³-hybridized carbons (Fsp3) is 0.588. The van der Waals surface area contributed by atoms with Crippen molar-refractivity contribution in [2.75, 3.05) is 25.9 Å². The highest BCUT2D eigenvalue weighted by atomic mass is 16.5. The topological polar surface area (TPSA) is 55.6 Å². The molecule has 2 aliphatic rings. The van der Waals surface area contributed by atoms with Gasteiger partial charge in [-0.05, 0) is 36.8 Å². The number of piperidine rings is 1. The Balaban J connectivity index is 1.76. The average molecular weight is 288 g/mol. The Hall–Kier alpha value is -1.71. The van der Waals surface area contributed by atoms with Crippen LogP contribution >= 0.6 is 0 Å². The van der Waals surface area contributed by atoms with Gasteiger partial charge in [0.25, 0.3) is 5.91 Å². The molecule has 1 aliphatic carbocycles. The maximum absolute atomic E-state index is 12.8. The number of carbonyl (C=O) groups is 1. The summed E-state index contributed by atoms with van der Waals surface area (Å²) in [5.74, 6) is 2.14. The van der Waals surface area contributed by atoms with Crippen molar-refractivity contribution in [1.82, 2.24) is 4.90 Å². The number of hydrogen-bond acceptors (Lipinski definition) is 3. The summed E-state index contributed by atoms with van der Waals surface area (Å²) in [4.78, 5) is 14.7. The van der Waals surface area contributed by atoms with Gasteiger partial charge in [-0.2, -0.15) is 0 Å². The van der Waals surface area contributed by atoms with Crippen molar-refractivity contribution in [3.8, 4) is 5.75 Å². The standard InChI is InChI=1S/C17H24N2O2/c1-21-15-8-4-7-14(16(15)18)17(20)19-10-9-12-5-2-3-6-13(12)11-19/h4,7-8,12-13H,2-3,5-6,9-11,18H2,1H3. The number of nitrogen functional groups attached to an aromatic ring is 1. The molecule has 1 saturated carbocycles. The van der Waals surface area contributed by atoms with Gasteiger partial charge in [-0.15, -0.1) is 0 Å². The van der Waals surface area contributed by atoms with Crippen LogP contribution in [0.4, 0.5) is 5.69 Å². The van der Waals surface area contributed by atoms with Gasteiger partial charge in [-0.25, -0.2) is 0 Å². The summed E-state index contributed by atoms with van der Waals surface area (Å²) in [6, 6.07) is 5.42. The van der Waals surface area contributed by atoms with Gasteiger partial charge in [0.05, 0.1) is 18.4 Å². The molecule has 1 aliphatic heterocycles. The minimum atomic E-state index is 0.0513. The molecule has 1 aromatic carbocycles. The highest BCUT2D eigenvalue weighted by Crippen LogP contribution is 2.37. The molecule has 0 spiro atoms. The first-order chi connectivity index (χ1) is 10.2. The molecule has 4 nitrogen and oxygen atoms in total.